The van der Waals surface area contributed by atoms with Crippen molar-refractivity contribution in [1.82, 2.24) is 0 Å². The highest BCUT2D eigenvalue weighted by atomic mass is 16.5. The monoisotopic (exact) mass is 366 g/mol. The van der Waals surface area contributed by atoms with Gasteiger partial charge in [0.25, 0.3) is 0 Å². The van der Waals surface area contributed by atoms with Gasteiger partial charge in [0.05, 0.1) is 11.5 Å². The van der Waals surface area contributed by atoms with Crippen molar-refractivity contribution in [2.45, 2.75) is 45.4 Å². The van der Waals surface area contributed by atoms with E-state index in [0.717, 1.165) is 24.0 Å². The fourth-order valence-corrected chi connectivity index (χ4v) is 3.57. The summed E-state index contributed by atoms with van der Waals surface area (Å²) in [5.74, 6) is 0.221. The van der Waals surface area contributed by atoms with E-state index in [4.69, 9.17) is 9.84 Å². The van der Waals surface area contributed by atoms with E-state index >= 15 is 0 Å². The second kappa shape index (κ2) is 8.85. The molecule has 0 atom stereocenters. The first-order chi connectivity index (χ1) is 13.1. The molecule has 3 rings (SSSR count). The van der Waals surface area contributed by atoms with Crippen LogP contribution in [-0.4, -0.2) is 17.0 Å². The van der Waals surface area contributed by atoms with Crippen molar-refractivity contribution in [3.63, 3.8) is 0 Å². The topological polar surface area (TPSA) is 63.6 Å². The van der Waals surface area contributed by atoms with Crippen molar-refractivity contribution in [3.8, 4) is 16.9 Å². The summed E-state index contributed by atoms with van der Waals surface area (Å²) >= 11 is 0. The van der Waals surface area contributed by atoms with Gasteiger partial charge in [-0.05, 0) is 54.2 Å². The Hall–Kier alpha value is -2.62. The minimum absolute atomic E-state index is 0.0415. The Labute approximate surface area is 160 Å². The third kappa shape index (κ3) is 4.97. The van der Waals surface area contributed by atoms with Gasteiger partial charge in [0.1, 0.15) is 5.75 Å². The van der Waals surface area contributed by atoms with E-state index < -0.39 is 5.97 Å². The Bertz CT molecular complexity index is 771. The first-order valence-electron chi connectivity index (χ1n) is 9.72. The summed E-state index contributed by atoms with van der Waals surface area (Å²) < 4.78 is 5.52. The van der Waals surface area contributed by atoms with Crippen molar-refractivity contribution < 1.29 is 19.4 Å². The van der Waals surface area contributed by atoms with E-state index in [-0.39, 0.29) is 17.5 Å². The van der Waals surface area contributed by atoms with E-state index in [1.807, 2.05) is 12.1 Å². The van der Waals surface area contributed by atoms with Crippen molar-refractivity contribution in [1.29, 1.82) is 0 Å². The molecule has 4 heteroatoms. The Morgan fingerprint density at radius 2 is 1.56 bits per heavy atom. The number of esters is 1. The molecule has 4 nitrogen and oxygen atoms in total. The van der Waals surface area contributed by atoms with Gasteiger partial charge in [-0.25, -0.2) is 4.79 Å². The van der Waals surface area contributed by atoms with Crippen LogP contribution in [0.5, 0.6) is 5.75 Å². The molecule has 0 radical (unpaired) electrons. The van der Waals surface area contributed by atoms with Gasteiger partial charge in [-0.2, -0.15) is 0 Å². The third-order valence-electron chi connectivity index (χ3n) is 5.32. The second-order valence-electron chi connectivity index (χ2n) is 7.36. The number of aromatic carboxylic acids is 1. The van der Waals surface area contributed by atoms with Crippen LogP contribution in [0.2, 0.25) is 0 Å². The highest BCUT2D eigenvalue weighted by molar-refractivity contribution is 5.88. The van der Waals surface area contributed by atoms with Crippen LogP contribution in [0, 0.1) is 11.8 Å². The van der Waals surface area contributed by atoms with E-state index in [1.54, 1.807) is 36.4 Å². The summed E-state index contributed by atoms with van der Waals surface area (Å²) in [6.07, 6.45) is 6.91. The average Bonchev–Trinajstić information content (AvgIpc) is 2.64. The van der Waals surface area contributed by atoms with Gasteiger partial charge in [0.15, 0.2) is 0 Å². The number of carboxylic acids is 1. The van der Waals surface area contributed by atoms with Crippen LogP contribution in [0.4, 0.5) is 0 Å². The Morgan fingerprint density at radius 1 is 0.963 bits per heavy atom. The smallest absolute Gasteiger partial charge is 0.335 e. The van der Waals surface area contributed by atoms with Gasteiger partial charge in [0, 0.05) is 0 Å². The standard InChI is InChI=1S/C23H26O4/c1-2-3-4-5-16-14-20(15-16)23(26)27-21-12-10-18(11-13-21)17-6-8-19(9-7-17)22(24)25/h6-13,16,20H,2-5,14-15H2,1H3,(H,24,25). The molecule has 27 heavy (non-hydrogen) atoms. The minimum Gasteiger partial charge on any atom is -0.478 e. The predicted octanol–water partition coefficient (Wildman–Crippen LogP) is 5.56. The van der Waals surface area contributed by atoms with Crippen LogP contribution in [0.1, 0.15) is 55.8 Å². The summed E-state index contributed by atoms with van der Waals surface area (Å²) in [6, 6.07) is 14.1. The van der Waals surface area contributed by atoms with Crippen LogP contribution in [0.25, 0.3) is 11.1 Å². The molecule has 142 valence electrons. The summed E-state index contributed by atoms with van der Waals surface area (Å²) in [4.78, 5) is 23.2. The van der Waals surface area contributed by atoms with Crippen molar-refractivity contribution in [2.75, 3.05) is 0 Å². The number of hydrogen-bond acceptors (Lipinski definition) is 3. The molecular weight excluding hydrogens is 340 g/mol. The first-order valence-corrected chi connectivity index (χ1v) is 9.72. The molecule has 1 aliphatic carbocycles. The number of carbonyl (C=O) groups is 2. The first kappa shape index (κ1) is 19.2. The van der Waals surface area contributed by atoms with Crippen molar-refractivity contribution in [3.05, 3.63) is 54.1 Å². The lowest BCUT2D eigenvalue weighted by Gasteiger charge is -2.33. The number of benzene rings is 2. The molecule has 1 saturated carbocycles. The molecule has 0 spiro atoms. The second-order valence-corrected chi connectivity index (χ2v) is 7.36. The largest absolute Gasteiger partial charge is 0.478 e. The number of ether oxygens (including phenoxy) is 1. The van der Waals surface area contributed by atoms with E-state index in [9.17, 15) is 9.59 Å². The lowest BCUT2D eigenvalue weighted by atomic mass is 9.72. The highest BCUT2D eigenvalue weighted by Crippen LogP contribution is 2.38. The van der Waals surface area contributed by atoms with Crippen LogP contribution < -0.4 is 4.74 Å². The molecule has 1 fully saturated rings. The molecule has 0 amide bonds. The molecule has 0 saturated heterocycles. The van der Waals surface area contributed by atoms with Gasteiger partial charge in [0.2, 0.25) is 0 Å². The SMILES string of the molecule is CCCCCC1CC(C(=O)Oc2ccc(-c3ccc(C(=O)O)cc3)cc2)C1. The molecule has 0 bridgehead atoms. The molecule has 0 aliphatic heterocycles. The van der Waals surface area contributed by atoms with Crippen LogP contribution in [-0.2, 0) is 4.79 Å². The van der Waals surface area contributed by atoms with E-state index in [0.29, 0.717) is 11.7 Å². The Morgan fingerprint density at radius 3 is 2.11 bits per heavy atom. The number of carboxylic acid groups (broad SMARTS) is 1. The molecule has 2 aromatic rings. The molecule has 1 aliphatic rings. The molecule has 0 unspecified atom stereocenters. The number of rotatable bonds is 8. The van der Waals surface area contributed by atoms with Gasteiger partial charge >= 0.3 is 11.9 Å². The van der Waals surface area contributed by atoms with Crippen molar-refractivity contribution >= 4 is 11.9 Å². The highest BCUT2D eigenvalue weighted by Gasteiger charge is 2.35. The van der Waals surface area contributed by atoms with Gasteiger partial charge in [-0.15, -0.1) is 0 Å². The number of carbonyl (C=O) groups excluding carboxylic acids is 1. The summed E-state index contributed by atoms with van der Waals surface area (Å²) in [5.41, 5.74) is 2.14. The molecule has 0 heterocycles. The maximum absolute atomic E-state index is 12.2. The van der Waals surface area contributed by atoms with Crippen molar-refractivity contribution in [2.24, 2.45) is 11.8 Å². The minimum atomic E-state index is -0.938. The fraction of sp³-hybridized carbons (Fsp3) is 0.391. The molecule has 2 aromatic carbocycles. The van der Waals surface area contributed by atoms with Crippen LogP contribution in [0.15, 0.2) is 48.5 Å². The normalized spacial score (nSPS) is 18.6. The lowest BCUT2D eigenvalue weighted by Crippen LogP contribution is -2.33. The quantitative estimate of drug-likeness (QED) is 0.377. The Balaban J connectivity index is 1.51. The maximum Gasteiger partial charge on any atom is 0.335 e. The summed E-state index contributed by atoms with van der Waals surface area (Å²) in [5, 5.41) is 8.96. The predicted molar refractivity (Wildman–Crippen MR) is 105 cm³/mol. The number of unbranched alkanes of at least 4 members (excludes halogenated alkanes) is 2. The average molecular weight is 366 g/mol. The number of hydrogen-bond donors (Lipinski definition) is 1. The Kier molecular flexibility index (Phi) is 6.28. The molecule has 0 aromatic heterocycles. The zero-order chi connectivity index (χ0) is 19.2. The van der Waals surface area contributed by atoms with E-state index in [1.165, 1.54) is 25.7 Å². The zero-order valence-electron chi connectivity index (χ0n) is 15.7. The van der Waals surface area contributed by atoms with Crippen LogP contribution >= 0.6 is 0 Å². The maximum atomic E-state index is 12.2. The molecule has 1 N–H and O–H groups in total. The zero-order valence-corrected chi connectivity index (χ0v) is 15.7. The van der Waals surface area contributed by atoms with Gasteiger partial charge < -0.3 is 9.84 Å². The summed E-state index contributed by atoms with van der Waals surface area (Å²) in [7, 11) is 0. The third-order valence-corrected chi connectivity index (χ3v) is 5.32. The summed E-state index contributed by atoms with van der Waals surface area (Å²) in [6.45, 7) is 2.21. The van der Waals surface area contributed by atoms with Gasteiger partial charge in [-0.3, -0.25) is 4.79 Å². The van der Waals surface area contributed by atoms with Gasteiger partial charge in [-0.1, -0.05) is 56.9 Å². The lowest BCUT2D eigenvalue weighted by molar-refractivity contribution is -0.143. The fourth-order valence-electron chi connectivity index (χ4n) is 3.57. The molecular formula is C23H26O4. The van der Waals surface area contributed by atoms with E-state index in [2.05, 4.69) is 6.92 Å². The van der Waals surface area contributed by atoms with Crippen LogP contribution in [0.3, 0.4) is 0 Å².